The summed E-state index contributed by atoms with van der Waals surface area (Å²) in [5.74, 6) is -4.01. The molecular formula is C14H10F3NO5. The molecule has 1 N–H and O–H groups in total. The number of aliphatic hydroxyl groups excluding tert-OH is 1. The van der Waals surface area contributed by atoms with E-state index in [1.807, 2.05) is 0 Å². The zero-order chi connectivity index (χ0) is 17.6. The maximum Gasteiger partial charge on any atom is 0.573 e. The number of carbonyl (C=O) groups excluding carboxylic acids is 2. The van der Waals surface area contributed by atoms with Crippen molar-refractivity contribution >= 4 is 17.5 Å². The molecule has 0 aliphatic heterocycles. The van der Waals surface area contributed by atoms with E-state index in [9.17, 15) is 27.9 Å². The van der Waals surface area contributed by atoms with Crippen molar-refractivity contribution in [2.45, 2.75) is 13.3 Å². The lowest BCUT2D eigenvalue weighted by Gasteiger charge is -2.10. The standard InChI is InChI=1S/C14H10F3NO5/c1-2-22-13(21)12(20)6-11(19)9-3-8(7-18)4-10(5-9)23-14(15,16)17/h3-6,19H,2H2,1H3. The number of nitriles is 1. The number of halogens is 3. The van der Waals surface area contributed by atoms with Crippen molar-refractivity contribution < 1.29 is 37.3 Å². The van der Waals surface area contributed by atoms with Gasteiger partial charge in [-0.2, -0.15) is 5.26 Å². The van der Waals surface area contributed by atoms with Gasteiger partial charge in [0.25, 0.3) is 5.78 Å². The van der Waals surface area contributed by atoms with Crippen molar-refractivity contribution in [3.63, 3.8) is 0 Å². The van der Waals surface area contributed by atoms with Crippen LogP contribution in [0.3, 0.4) is 0 Å². The molecule has 0 saturated carbocycles. The van der Waals surface area contributed by atoms with E-state index in [2.05, 4.69) is 9.47 Å². The fourth-order valence-corrected chi connectivity index (χ4v) is 1.47. The van der Waals surface area contributed by atoms with Gasteiger partial charge >= 0.3 is 12.3 Å². The van der Waals surface area contributed by atoms with Crippen LogP contribution in [0.2, 0.25) is 0 Å². The molecule has 9 heteroatoms. The predicted molar refractivity (Wildman–Crippen MR) is 70.1 cm³/mol. The second-order valence-electron chi connectivity index (χ2n) is 4.02. The van der Waals surface area contributed by atoms with Gasteiger partial charge in [-0.1, -0.05) is 0 Å². The van der Waals surface area contributed by atoms with Gasteiger partial charge < -0.3 is 14.6 Å². The predicted octanol–water partition coefficient (Wildman–Crippen LogP) is 2.49. The quantitative estimate of drug-likeness (QED) is 0.386. The Balaban J connectivity index is 3.16. The Hall–Kier alpha value is -3.02. The van der Waals surface area contributed by atoms with Gasteiger partial charge in [0.2, 0.25) is 0 Å². The molecule has 0 aliphatic rings. The Bertz CT molecular complexity index is 689. The highest BCUT2D eigenvalue weighted by Gasteiger charge is 2.31. The SMILES string of the molecule is CCOC(=O)C(=O)C=C(O)c1cc(C#N)cc(OC(F)(F)F)c1. The van der Waals surface area contributed by atoms with Crippen molar-refractivity contribution in [3.05, 3.63) is 35.4 Å². The summed E-state index contributed by atoms with van der Waals surface area (Å²) in [5.41, 5.74) is -0.550. The minimum absolute atomic E-state index is 0.0628. The number of carbonyl (C=O) groups is 2. The fourth-order valence-electron chi connectivity index (χ4n) is 1.47. The molecule has 6 nitrogen and oxygen atoms in total. The topological polar surface area (TPSA) is 96.6 Å². The van der Waals surface area contributed by atoms with E-state index in [0.717, 1.165) is 18.2 Å². The highest BCUT2D eigenvalue weighted by molar-refractivity contribution is 6.39. The molecule has 1 aromatic rings. The first-order valence-electron chi connectivity index (χ1n) is 6.09. The minimum Gasteiger partial charge on any atom is -0.507 e. The van der Waals surface area contributed by atoms with Gasteiger partial charge in [-0.05, 0) is 25.1 Å². The van der Waals surface area contributed by atoms with Crippen LogP contribution in [-0.4, -0.2) is 29.8 Å². The molecule has 1 rings (SSSR count). The first-order valence-corrected chi connectivity index (χ1v) is 6.09. The first-order chi connectivity index (χ1) is 10.7. The average molecular weight is 329 g/mol. The van der Waals surface area contributed by atoms with Crippen LogP contribution >= 0.6 is 0 Å². The number of esters is 1. The lowest BCUT2D eigenvalue weighted by Crippen LogP contribution is -2.17. The van der Waals surface area contributed by atoms with Crippen LogP contribution in [0.4, 0.5) is 13.2 Å². The molecule has 23 heavy (non-hydrogen) atoms. The molecule has 0 unspecified atom stereocenters. The van der Waals surface area contributed by atoms with Gasteiger partial charge in [0.05, 0.1) is 18.2 Å². The molecule has 1 aromatic carbocycles. The van der Waals surface area contributed by atoms with Crippen LogP contribution in [0.15, 0.2) is 24.3 Å². The number of ketones is 1. The lowest BCUT2D eigenvalue weighted by atomic mass is 10.1. The third kappa shape index (κ3) is 5.70. The normalized spacial score (nSPS) is 11.5. The van der Waals surface area contributed by atoms with Crippen molar-refractivity contribution in [3.8, 4) is 11.8 Å². The maximum atomic E-state index is 12.2. The zero-order valence-corrected chi connectivity index (χ0v) is 11.7. The van der Waals surface area contributed by atoms with Crippen LogP contribution in [0.1, 0.15) is 18.1 Å². The summed E-state index contributed by atoms with van der Waals surface area (Å²) in [6.45, 7) is 1.40. The highest BCUT2D eigenvalue weighted by atomic mass is 19.4. The molecule has 0 bridgehead atoms. The summed E-state index contributed by atoms with van der Waals surface area (Å²) in [7, 11) is 0. The number of aliphatic hydroxyl groups is 1. The van der Waals surface area contributed by atoms with E-state index in [4.69, 9.17) is 5.26 Å². The lowest BCUT2D eigenvalue weighted by molar-refractivity contribution is -0.274. The van der Waals surface area contributed by atoms with Gasteiger partial charge in [0, 0.05) is 11.6 Å². The number of rotatable bonds is 5. The van der Waals surface area contributed by atoms with Gasteiger partial charge in [-0.25, -0.2) is 4.79 Å². The van der Waals surface area contributed by atoms with Gasteiger partial charge in [-0.3, -0.25) is 4.79 Å². The molecule has 0 saturated heterocycles. The van der Waals surface area contributed by atoms with E-state index in [1.165, 1.54) is 6.92 Å². The molecule has 122 valence electrons. The van der Waals surface area contributed by atoms with E-state index in [0.29, 0.717) is 6.08 Å². The molecule has 0 spiro atoms. The van der Waals surface area contributed by atoms with Crippen LogP contribution < -0.4 is 4.74 Å². The minimum atomic E-state index is -4.99. The summed E-state index contributed by atoms with van der Waals surface area (Å²) in [4.78, 5) is 22.5. The second kappa shape index (κ2) is 7.31. The van der Waals surface area contributed by atoms with Crippen molar-refractivity contribution in [2.75, 3.05) is 6.61 Å². The van der Waals surface area contributed by atoms with Crippen molar-refractivity contribution in [1.29, 1.82) is 5.26 Å². The number of nitrogens with zero attached hydrogens (tertiary/aromatic N) is 1. The number of hydrogen-bond donors (Lipinski definition) is 1. The molecule has 0 radical (unpaired) electrons. The van der Waals surface area contributed by atoms with E-state index >= 15 is 0 Å². The van der Waals surface area contributed by atoms with Gasteiger partial charge in [-0.15, -0.1) is 13.2 Å². The molecule has 0 heterocycles. The summed E-state index contributed by atoms with van der Waals surface area (Å²) < 4.78 is 44.7. The van der Waals surface area contributed by atoms with Crippen LogP contribution in [0.25, 0.3) is 5.76 Å². The third-order valence-corrected chi connectivity index (χ3v) is 2.31. The summed E-state index contributed by atoms with van der Waals surface area (Å²) in [5, 5.41) is 18.5. The molecule has 0 fully saturated rings. The Kier molecular flexibility index (Phi) is 5.73. The first kappa shape index (κ1) is 18.0. The molecule has 0 amide bonds. The van der Waals surface area contributed by atoms with E-state index < -0.39 is 29.6 Å². The number of ether oxygens (including phenoxy) is 2. The number of benzene rings is 1. The summed E-state index contributed by atoms with van der Waals surface area (Å²) in [6, 6.07) is 4.17. The molecule has 0 aromatic heterocycles. The second-order valence-corrected chi connectivity index (χ2v) is 4.02. The van der Waals surface area contributed by atoms with Crippen LogP contribution in [-0.2, 0) is 14.3 Å². The van der Waals surface area contributed by atoms with E-state index in [-0.39, 0.29) is 17.7 Å². The average Bonchev–Trinajstić information content (AvgIpc) is 2.45. The molecule has 0 atom stereocenters. The zero-order valence-electron chi connectivity index (χ0n) is 11.7. The summed E-state index contributed by atoms with van der Waals surface area (Å²) >= 11 is 0. The maximum absolute atomic E-state index is 12.2. The van der Waals surface area contributed by atoms with Crippen LogP contribution in [0.5, 0.6) is 5.75 Å². The van der Waals surface area contributed by atoms with E-state index in [1.54, 1.807) is 6.07 Å². The van der Waals surface area contributed by atoms with Crippen molar-refractivity contribution in [1.82, 2.24) is 0 Å². The largest absolute Gasteiger partial charge is 0.573 e. The number of hydrogen-bond acceptors (Lipinski definition) is 6. The molecule has 0 aliphatic carbocycles. The monoisotopic (exact) mass is 329 g/mol. The third-order valence-electron chi connectivity index (χ3n) is 2.31. The van der Waals surface area contributed by atoms with Gasteiger partial charge in [0.1, 0.15) is 11.5 Å². The Morgan fingerprint density at radius 1 is 1.35 bits per heavy atom. The van der Waals surface area contributed by atoms with Crippen LogP contribution in [0, 0.1) is 11.3 Å². The Morgan fingerprint density at radius 3 is 2.52 bits per heavy atom. The van der Waals surface area contributed by atoms with Gasteiger partial charge in [0.15, 0.2) is 0 Å². The fraction of sp³-hybridized carbons (Fsp3) is 0.214. The Labute approximate surface area is 128 Å². The van der Waals surface area contributed by atoms with Crippen molar-refractivity contribution in [2.24, 2.45) is 0 Å². The Morgan fingerprint density at radius 2 is 2.00 bits per heavy atom. The number of alkyl halides is 3. The summed E-state index contributed by atoms with van der Waals surface area (Å²) in [6.07, 6.45) is -4.52. The molecular weight excluding hydrogens is 319 g/mol. The smallest absolute Gasteiger partial charge is 0.507 e. The highest BCUT2D eigenvalue weighted by Crippen LogP contribution is 2.27.